The molecule has 66 valence electrons. The molecule has 0 saturated heterocycles. The van der Waals surface area contributed by atoms with Crippen LogP contribution in [0.5, 0.6) is 0 Å². The number of hydrogen-bond acceptors (Lipinski definition) is 4. The second-order valence-corrected chi connectivity index (χ2v) is 3.66. The molecule has 0 amide bonds. The Bertz CT molecular complexity index is 427. The predicted octanol–water partition coefficient (Wildman–Crippen LogP) is 2.44. The van der Waals surface area contributed by atoms with E-state index in [0.717, 1.165) is 10.6 Å². The fourth-order valence-electron chi connectivity index (χ4n) is 0.974. The highest BCUT2D eigenvalue weighted by Gasteiger charge is 2.03. The van der Waals surface area contributed by atoms with Gasteiger partial charge in [0, 0.05) is 10.6 Å². The largest absolute Gasteiger partial charge is 0.367 e. The molecule has 5 heteroatoms. The molecule has 0 aliphatic rings. The van der Waals surface area contributed by atoms with Crippen LogP contribution in [0.1, 0.15) is 0 Å². The molecule has 0 aliphatic carbocycles. The lowest BCUT2D eigenvalue weighted by atomic mass is 10.2. The zero-order valence-electron chi connectivity index (χ0n) is 6.57. The lowest BCUT2D eigenvalue weighted by molar-refractivity contribution is 1.34. The third-order valence-corrected chi connectivity index (χ3v) is 2.53. The summed E-state index contributed by atoms with van der Waals surface area (Å²) in [5.41, 5.74) is 6.36. The molecule has 0 spiro atoms. The van der Waals surface area contributed by atoms with Crippen molar-refractivity contribution in [3.8, 4) is 10.6 Å². The zero-order chi connectivity index (χ0) is 9.26. The van der Waals surface area contributed by atoms with Crippen LogP contribution in [-0.4, -0.2) is 9.36 Å². The molecule has 0 atom stereocenters. The molecule has 0 bridgehead atoms. The molecule has 0 unspecified atom stereocenters. The SMILES string of the molecule is Nc1nsc(-c2cccc(Cl)c2)n1. The fourth-order valence-corrected chi connectivity index (χ4v) is 1.75. The molecule has 2 N–H and O–H groups in total. The summed E-state index contributed by atoms with van der Waals surface area (Å²) in [6.45, 7) is 0. The van der Waals surface area contributed by atoms with Crippen LogP contribution in [0.3, 0.4) is 0 Å². The van der Waals surface area contributed by atoms with E-state index >= 15 is 0 Å². The molecule has 1 aromatic carbocycles. The van der Waals surface area contributed by atoms with Crippen LogP contribution in [-0.2, 0) is 0 Å². The summed E-state index contributed by atoms with van der Waals surface area (Å²) < 4.78 is 3.89. The minimum absolute atomic E-state index is 0.306. The molecule has 2 aromatic rings. The van der Waals surface area contributed by atoms with Gasteiger partial charge in [-0.2, -0.15) is 9.36 Å². The van der Waals surface area contributed by atoms with E-state index in [1.54, 1.807) is 0 Å². The summed E-state index contributed by atoms with van der Waals surface area (Å²) in [6.07, 6.45) is 0. The van der Waals surface area contributed by atoms with E-state index in [9.17, 15) is 0 Å². The second kappa shape index (κ2) is 3.32. The normalized spacial score (nSPS) is 10.2. The molecule has 3 nitrogen and oxygen atoms in total. The maximum atomic E-state index is 5.83. The minimum atomic E-state index is 0.306. The van der Waals surface area contributed by atoms with Gasteiger partial charge in [0.15, 0.2) is 0 Å². The first-order valence-electron chi connectivity index (χ1n) is 3.61. The third kappa shape index (κ3) is 1.79. The molecule has 1 heterocycles. The van der Waals surface area contributed by atoms with Crippen molar-refractivity contribution in [2.75, 3.05) is 5.73 Å². The first-order chi connectivity index (χ1) is 6.25. The Morgan fingerprint density at radius 3 is 2.85 bits per heavy atom. The van der Waals surface area contributed by atoms with E-state index in [2.05, 4.69) is 9.36 Å². The maximum absolute atomic E-state index is 5.83. The summed E-state index contributed by atoms with van der Waals surface area (Å²) in [4.78, 5) is 4.05. The van der Waals surface area contributed by atoms with Gasteiger partial charge in [0.05, 0.1) is 0 Å². The van der Waals surface area contributed by atoms with Gasteiger partial charge in [0.1, 0.15) is 5.01 Å². The van der Waals surface area contributed by atoms with Crippen LogP contribution in [0.25, 0.3) is 10.6 Å². The first kappa shape index (κ1) is 8.47. The number of nitrogens with two attached hydrogens (primary N) is 1. The topological polar surface area (TPSA) is 51.8 Å². The molecule has 0 saturated carbocycles. The van der Waals surface area contributed by atoms with E-state index in [-0.39, 0.29) is 0 Å². The summed E-state index contributed by atoms with van der Waals surface area (Å²) >= 11 is 7.09. The number of anilines is 1. The minimum Gasteiger partial charge on any atom is -0.367 e. The Morgan fingerprint density at radius 1 is 1.38 bits per heavy atom. The van der Waals surface area contributed by atoms with Crippen molar-refractivity contribution >= 4 is 29.1 Å². The van der Waals surface area contributed by atoms with E-state index in [0.29, 0.717) is 11.0 Å². The predicted molar refractivity (Wildman–Crippen MR) is 54.8 cm³/mol. The van der Waals surface area contributed by atoms with Crippen molar-refractivity contribution in [1.29, 1.82) is 0 Å². The van der Waals surface area contributed by atoms with Gasteiger partial charge in [-0.3, -0.25) is 0 Å². The lowest BCUT2D eigenvalue weighted by Crippen LogP contribution is -1.85. The average molecular weight is 212 g/mol. The fraction of sp³-hybridized carbons (Fsp3) is 0. The number of hydrogen-bond donors (Lipinski definition) is 1. The van der Waals surface area contributed by atoms with Crippen molar-refractivity contribution in [2.24, 2.45) is 0 Å². The van der Waals surface area contributed by atoms with Gasteiger partial charge >= 0.3 is 0 Å². The Balaban J connectivity index is 2.46. The van der Waals surface area contributed by atoms with Crippen LogP contribution in [0.15, 0.2) is 24.3 Å². The van der Waals surface area contributed by atoms with Crippen LogP contribution in [0, 0.1) is 0 Å². The summed E-state index contributed by atoms with van der Waals surface area (Å²) in [5, 5.41) is 1.48. The van der Waals surface area contributed by atoms with Crippen molar-refractivity contribution < 1.29 is 0 Å². The standard InChI is InChI=1S/C8H6ClN3S/c9-6-3-1-2-5(4-6)7-11-8(10)12-13-7/h1-4H,(H2,10,12). The monoisotopic (exact) mass is 211 g/mol. The number of halogens is 1. The van der Waals surface area contributed by atoms with E-state index in [4.69, 9.17) is 17.3 Å². The quantitative estimate of drug-likeness (QED) is 0.788. The number of nitrogen functional groups attached to an aromatic ring is 1. The van der Waals surface area contributed by atoms with Gasteiger partial charge in [-0.25, -0.2) is 0 Å². The first-order valence-corrected chi connectivity index (χ1v) is 4.76. The molecular formula is C8H6ClN3S. The van der Waals surface area contributed by atoms with Gasteiger partial charge in [-0.15, -0.1) is 0 Å². The number of benzene rings is 1. The van der Waals surface area contributed by atoms with Gasteiger partial charge < -0.3 is 5.73 Å². The summed E-state index contributed by atoms with van der Waals surface area (Å²) in [7, 11) is 0. The average Bonchev–Trinajstić information content (AvgIpc) is 2.52. The molecule has 0 radical (unpaired) electrons. The summed E-state index contributed by atoms with van der Waals surface area (Å²) in [5.74, 6) is 0.306. The Labute approximate surface area is 84.4 Å². The summed E-state index contributed by atoms with van der Waals surface area (Å²) in [6, 6.07) is 7.44. The van der Waals surface area contributed by atoms with Crippen molar-refractivity contribution in [2.45, 2.75) is 0 Å². The highest BCUT2D eigenvalue weighted by molar-refractivity contribution is 7.09. The van der Waals surface area contributed by atoms with Crippen LogP contribution in [0.2, 0.25) is 5.02 Å². The smallest absolute Gasteiger partial charge is 0.232 e. The number of aromatic nitrogens is 2. The molecule has 0 fully saturated rings. The maximum Gasteiger partial charge on any atom is 0.232 e. The highest BCUT2D eigenvalue weighted by atomic mass is 35.5. The molecule has 0 aliphatic heterocycles. The second-order valence-electron chi connectivity index (χ2n) is 2.47. The molecule has 13 heavy (non-hydrogen) atoms. The Hall–Kier alpha value is -1.13. The Morgan fingerprint density at radius 2 is 2.23 bits per heavy atom. The van der Waals surface area contributed by atoms with Gasteiger partial charge in [-0.05, 0) is 23.7 Å². The van der Waals surface area contributed by atoms with E-state index in [1.807, 2.05) is 24.3 Å². The van der Waals surface area contributed by atoms with Gasteiger partial charge in [0.2, 0.25) is 5.95 Å². The Kier molecular flexibility index (Phi) is 2.16. The third-order valence-electron chi connectivity index (χ3n) is 1.51. The molecular weight excluding hydrogens is 206 g/mol. The van der Waals surface area contributed by atoms with Crippen LogP contribution < -0.4 is 5.73 Å². The van der Waals surface area contributed by atoms with Crippen molar-refractivity contribution in [1.82, 2.24) is 9.36 Å². The van der Waals surface area contributed by atoms with Crippen LogP contribution >= 0.6 is 23.1 Å². The van der Waals surface area contributed by atoms with E-state index < -0.39 is 0 Å². The zero-order valence-corrected chi connectivity index (χ0v) is 8.14. The number of rotatable bonds is 1. The molecule has 1 aromatic heterocycles. The number of nitrogens with zero attached hydrogens (tertiary/aromatic N) is 2. The lowest BCUT2D eigenvalue weighted by Gasteiger charge is -1.94. The van der Waals surface area contributed by atoms with E-state index in [1.165, 1.54) is 11.5 Å². The van der Waals surface area contributed by atoms with Gasteiger partial charge in [-0.1, -0.05) is 23.7 Å². The highest BCUT2D eigenvalue weighted by Crippen LogP contribution is 2.24. The van der Waals surface area contributed by atoms with Crippen LogP contribution in [0.4, 0.5) is 5.95 Å². The van der Waals surface area contributed by atoms with Gasteiger partial charge in [0.25, 0.3) is 0 Å². The van der Waals surface area contributed by atoms with Crippen molar-refractivity contribution in [3.05, 3.63) is 29.3 Å². The molecule has 2 rings (SSSR count). The van der Waals surface area contributed by atoms with Crippen molar-refractivity contribution in [3.63, 3.8) is 0 Å².